The summed E-state index contributed by atoms with van der Waals surface area (Å²) >= 11 is 6.89. The molecule has 0 N–H and O–H groups in total. The summed E-state index contributed by atoms with van der Waals surface area (Å²) in [6.45, 7) is 1.58. The highest BCUT2D eigenvalue weighted by atomic mass is 35.5. The first kappa shape index (κ1) is 15.3. The quantitative estimate of drug-likeness (QED) is 0.545. The lowest BCUT2D eigenvalue weighted by Crippen LogP contribution is -2.30. The van der Waals surface area contributed by atoms with Gasteiger partial charge in [0.15, 0.2) is 0 Å². The van der Waals surface area contributed by atoms with Crippen molar-refractivity contribution >= 4 is 33.0 Å². The fourth-order valence-electron chi connectivity index (χ4n) is 1.56. The molecule has 0 atom stereocenters. The molecule has 1 saturated carbocycles. The van der Waals surface area contributed by atoms with Crippen LogP contribution in [0.3, 0.4) is 0 Å². The number of hydrogen-bond donors (Lipinski definition) is 0. The predicted octanol–water partition coefficient (Wildman–Crippen LogP) is 2.53. The third-order valence-electron chi connectivity index (χ3n) is 3.05. The predicted molar refractivity (Wildman–Crippen MR) is 77.2 cm³/mol. The van der Waals surface area contributed by atoms with E-state index in [0.29, 0.717) is 29.2 Å². The average molecular weight is 324 g/mol. The molecule has 1 aromatic rings. The normalized spacial score (nSPS) is 16.2. The number of thiophene rings is 1. The molecule has 1 aliphatic rings. The summed E-state index contributed by atoms with van der Waals surface area (Å²) < 4.78 is 31.6. The van der Waals surface area contributed by atoms with Crippen molar-refractivity contribution in [3.63, 3.8) is 0 Å². The summed E-state index contributed by atoms with van der Waals surface area (Å²) in [4.78, 5) is 0. The van der Waals surface area contributed by atoms with E-state index in [1.165, 1.54) is 28.5 Å². The Morgan fingerprint density at radius 2 is 2.26 bits per heavy atom. The van der Waals surface area contributed by atoms with Crippen molar-refractivity contribution in [2.75, 3.05) is 26.8 Å². The molecule has 4 nitrogen and oxygen atoms in total. The van der Waals surface area contributed by atoms with Crippen LogP contribution in [0, 0.1) is 5.92 Å². The first-order valence-electron chi connectivity index (χ1n) is 6.21. The van der Waals surface area contributed by atoms with Crippen molar-refractivity contribution in [3.8, 4) is 0 Å². The van der Waals surface area contributed by atoms with E-state index in [0.717, 1.165) is 12.2 Å². The van der Waals surface area contributed by atoms with Crippen molar-refractivity contribution in [1.29, 1.82) is 0 Å². The van der Waals surface area contributed by atoms with Gasteiger partial charge in [-0.3, -0.25) is 0 Å². The molecular formula is C12H18ClNO3S2. The summed E-state index contributed by atoms with van der Waals surface area (Å²) in [5, 5.41) is 1.78. The smallest absolute Gasteiger partial charge is 0.252 e. The second-order valence-electron chi connectivity index (χ2n) is 4.75. The number of hydrogen-bond acceptors (Lipinski definition) is 4. The summed E-state index contributed by atoms with van der Waals surface area (Å²) in [5.74, 6) is 1.03. The Hall–Kier alpha value is -0.140. The highest BCUT2D eigenvalue weighted by Crippen LogP contribution is 2.28. The number of rotatable bonds is 8. The van der Waals surface area contributed by atoms with Gasteiger partial charge in [0, 0.05) is 26.1 Å². The molecule has 1 aromatic heterocycles. The van der Waals surface area contributed by atoms with Crippen molar-refractivity contribution in [1.82, 2.24) is 4.31 Å². The zero-order valence-electron chi connectivity index (χ0n) is 10.8. The number of likely N-dealkylation sites (N-methyl/N-ethyl adjacent to an activating group) is 1. The summed E-state index contributed by atoms with van der Waals surface area (Å²) in [7, 11) is -1.82. The van der Waals surface area contributed by atoms with Gasteiger partial charge in [-0.25, -0.2) is 8.42 Å². The van der Waals surface area contributed by atoms with Crippen LogP contribution >= 0.6 is 22.9 Å². The van der Waals surface area contributed by atoms with Crippen molar-refractivity contribution in [3.05, 3.63) is 17.0 Å². The number of halogens is 1. The lowest BCUT2D eigenvalue weighted by Gasteiger charge is -2.15. The summed E-state index contributed by atoms with van der Waals surface area (Å²) in [5.41, 5.74) is 0.837. The second-order valence-corrected chi connectivity index (χ2v) is 8.20. The maximum absolute atomic E-state index is 12.2. The van der Waals surface area contributed by atoms with Crippen LogP contribution in [0.25, 0.3) is 0 Å². The van der Waals surface area contributed by atoms with Crippen LogP contribution in [0.1, 0.15) is 18.4 Å². The van der Waals surface area contributed by atoms with Crippen molar-refractivity contribution in [2.24, 2.45) is 5.92 Å². The Morgan fingerprint density at radius 1 is 1.53 bits per heavy atom. The van der Waals surface area contributed by atoms with Crippen molar-refractivity contribution in [2.45, 2.75) is 22.9 Å². The highest BCUT2D eigenvalue weighted by Gasteiger charge is 2.24. The fraction of sp³-hybridized carbons (Fsp3) is 0.667. The van der Waals surface area contributed by atoms with E-state index in [2.05, 4.69) is 0 Å². The second kappa shape index (κ2) is 6.54. The third kappa shape index (κ3) is 4.16. The van der Waals surface area contributed by atoms with Gasteiger partial charge in [-0.1, -0.05) is 0 Å². The molecule has 0 saturated heterocycles. The molecule has 7 heteroatoms. The van der Waals surface area contributed by atoms with Gasteiger partial charge in [-0.15, -0.1) is 22.9 Å². The van der Waals surface area contributed by atoms with E-state index in [1.54, 1.807) is 18.5 Å². The molecule has 1 fully saturated rings. The Bertz CT molecular complexity index is 511. The molecule has 19 heavy (non-hydrogen) atoms. The Kier molecular flexibility index (Phi) is 5.25. The standard InChI is InChI=1S/C12H18ClNO3S2/c1-14(4-5-17-8-10-2-3-10)19(15,16)12-6-11(7-13)9-18-12/h6,9-10H,2-5,7-8H2,1H3. The van der Waals surface area contributed by atoms with Gasteiger partial charge in [0.25, 0.3) is 10.0 Å². The largest absolute Gasteiger partial charge is 0.380 e. The van der Waals surface area contributed by atoms with E-state index in [9.17, 15) is 8.42 Å². The maximum atomic E-state index is 12.2. The lowest BCUT2D eigenvalue weighted by molar-refractivity contribution is 0.117. The third-order valence-corrected chi connectivity index (χ3v) is 6.68. The summed E-state index contributed by atoms with van der Waals surface area (Å²) in [6.07, 6.45) is 2.48. The molecule has 0 spiro atoms. The monoisotopic (exact) mass is 323 g/mol. The topological polar surface area (TPSA) is 46.6 Å². The first-order valence-corrected chi connectivity index (χ1v) is 9.07. The molecule has 0 bridgehead atoms. The van der Waals surface area contributed by atoms with E-state index in [-0.39, 0.29) is 0 Å². The SMILES string of the molecule is CN(CCOCC1CC1)S(=O)(=O)c1cc(CCl)cs1. The van der Waals surface area contributed by atoms with Crippen LogP contribution in [0.15, 0.2) is 15.7 Å². The van der Waals surface area contributed by atoms with Gasteiger partial charge < -0.3 is 4.74 Å². The molecule has 2 rings (SSSR count). The molecule has 1 aliphatic carbocycles. The van der Waals surface area contributed by atoms with E-state index in [4.69, 9.17) is 16.3 Å². The molecule has 0 amide bonds. The lowest BCUT2D eigenvalue weighted by atomic mass is 10.4. The van der Waals surface area contributed by atoms with Gasteiger partial charge in [0.05, 0.1) is 6.61 Å². The van der Waals surface area contributed by atoms with Crippen molar-refractivity contribution < 1.29 is 13.2 Å². The molecule has 1 heterocycles. The molecule has 0 aliphatic heterocycles. The Morgan fingerprint density at radius 3 is 2.84 bits per heavy atom. The van der Waals surface area contributed by atoms with E-state index in [1.807, 2.05) is 0 Å². The minimum absolute atomic E-state index is 0.334. The van der Waals surface area contributed by atoms with Gasteiger partial charge >= 0.3 is 0 Å². The zero-order chi connectivity index (χ0) is 13.9. The van der Waals surface area contributed by atoms with E-state index >= 15 is 0 Å². The van der Waals surface area contributed by atoms with Crippen LogP contribution in [0.5, 0.6) is 0 Å². The minimum Gasteiger partial charge on any atom is -0.380 e. The van der Waals surface area contributed by atoms with Gasteiger partial charge in [-0.05, 0) is 35.8 Å². The van der Waals surface area contributed by atoms with E-state index < -0.39 is 10.0 Å². The molecule has 0 unspecified atom stereocenters. The molecule has 0 aromatic carbocycles. The molecular weight excluding hydrogens is 306 g/mol. The molecule has 108 valence electrons. The number of ether oxygens (including phenoxy) is 1. The van der Waals surface area contributed by atoms with Gasteiger partial charge in [-0.2, -0.15) is 4.31 Å². The number of alkyl halides is 1. The Labute approximate surface area is 123 Å². The van der Waals surface area contributed by atoms with Crippen LogP contribution in [0.4, 0.5) is 0 Å². The first-order chi connectivity index (χ1) is 9.04. The summed E-state index contributed by atoms with van der Waals surface area (Å²) in [6, 6.07) is 1.63. The van der Waals surface area contributed by atoms with Gasteiger partial charge in [0.1, 0.15) is 4.21 Å². The fourth-order valence-corrected chi connectivity index (χ4v) is 4.38. The number of sulfonamides is 1. The van der Waals surface area contributed by atoms with Crippen LogP contribution < -0.4 is 0 Å². The Balaban J connectivity index is 1.86. The van der Waals surface area contributed by atoms with Gasteiger partial charge in [0.2, 0.25) is 0 Å². The zero-order valence-corrected chi connectivity index (χ0v) is 13.2. The van der Waals surface area contributed by atoms with Crippen LogP contribution in [0.2, 0.25) is 0 Å². The van der Waals surface area contributed by atoms with Crippen LogP contribution in [-0.4, -0.2) is 39.5 Å². The maximum Gasteiger partial charge on any atom is 0.252 e. The molecule has 0 radical (unpaired) electrons. The minimum atomic E-state index is -3.40. The highest BCUT2D eigenvalue weighted by molar-refractivity contribution is 7.91. The average Bonchev–Trinajstić information content (AvgIpc) is 3.07. The van der Waals surface area contributed by atoms with Crippen LogP contribution in [-0.2, 0) is 20.6 Å². The number of nitrogens with zero attached hydrogens (tertiary/aromatic N) is 1.